The summed E-state index contributed by atoms with van der Waals surface area (Å²) in [4.78, 5) is 13.7. The average Bonchev–Trinajstić information content (AvgIpc) is 3.15. The molecule has 2 aromatic heterocycles. The third-order valence-electron chi connectivity index (χ3n) is 3.80. The van der Waals surface area contributed by atoms with Gasteiger partial charge in [-0.3, -0.25) is 4.79 Å². The zero-order chi connectivity index (χ0) is 16.9. The Hall–Kier alpha value is -2.96. The molecule has 0 radical (unpaired) electrons. The summed E-state index contributed by atoms with van der Waals surface area (Å²) in [6.07, 6.45) is 0.723. The lowest BCUT2D eigenvalue weighted by Gasteiger charge is -2.12. The Morgan fingerprint density at radius 3 is 2.62 bits per heavy atom. The molecule has 0 aliphatic heterocycles. The fourth-order valence-corrected chi connectivity index (χ4v) is 3.32. The molecule has 0 N–H and O–H groups in total. The molecule has 1 aromatic carbocycles. The van der Waals surface area contributed by atoms with Gasteiger partial charge in [-0.05, 0) is 23.9 Å². The van der Waals surface area contributed by atoms with Crippen LogP contribution in [0.4, 0.5) is 0 Å². The number of rotatable bonds is 5. The van der Waals surface area contributed by atoms with Crippen LogP contribution in [0.15, 0.2) is 46.6 Å². The summed E-state index contributed by atoms with van der Waals surface area (Å²) in [6.45, 7) is 0.195. The molecule has 118 valence electrons. The van der Waals surface area contributed by atoms with Gasteiger partial charge in [0.15, 0.2) is 0 Å². The Kier molecular flexibility index (Phi) is 4.69. The van der Waals surface area contributed by atoms with Crippen molar-refractivity contribution in [3.63, 3.8) is 0 Å². The number of thiophene rings is 1. The Labute approximate surface area is 143 Å². The van der Waals surface area contributed by atoms with Crippen LogP contribution in [0.1, 0.15) is 12.8 Å². The predicted molar refractivity (Wildman–Crippen MR) is 93.3 cm³/mol. The number of hydrogen-bond donors (Lipinski definition) is 0. The van der Waals surface area contributed by atoms with Crippen LogP contribution in [0.3, 0.4) is 0 Å². The summed E-state index contributed by atoms with van der Waals surface area (Å²) < 4.78 is 1.36. The van der Waals surface area contributed by atoms with Gasteiger partial charge in [-0.25, -0.2) is 4.68 Å². The van der Waals surface area contributed by atoms with Crippen molar-refractivity contribution < 1.29 is 0 Å². The number of hydrogen-bond acceptors (Lipinski definition) is 5. The third-order valence-corrected chi connectivity index (χ3v) is 4.68. The first-order valence-corrected chi connectivity index (χ1v) is 8.43. The molecule has 0 bridgehead atoms. The minimum absolute atomic E-state index is 0.195. The molecule has 0 amide bonds. The average molecular weight is 334 g/mol. The Balaban J connectivity index is 2.12. The summed E-state index contributed by atoms with van der Waals surface area (Å²) in [5.74, 6) is -0.410. The fraction of sp³-hybridized carbons (Fsp3) is 0.222. The molecule has 0 saturated heterocycles. The van der Waals surface area contributed by atoms with Crippen LogP contribution in [-0.2, 0) is 6.54 Å². The van der Waals surface area contributed by atoms with Gasteiger partial charge in [0.25, 0.3) is 5.56 Å². The molecule has 0 spiro atoms. The second-order valence-corrected chi connectivity index (χ2v) is 6.33. The smallest absolute Gasteiger partial charge is 0.267 e. The molecule has 3 rings (SSSR count). The molecule has 3 aromatic rings. The minimum Gasteiger partial charge on any atom is -0.267 e. The largest absolute Gasteiger partial charge is 0.274 e. The van der Waals surface area contributed by atoms with Gasteiger partial charge in [0, 0.05) is 11.8 Å². The van der Waals surface area contributed by atoms with Gasteiger partial charge < -0.3 is 0 Å². The van der Waals surface area contributed by atoms with E-state index >= 15 is 0 Å². The van der Waals surface area contributed by atoms with E-state index in [2.05, 4.69) is 11.2 Å². The second-order valence-electron chi connectivity index (χ2n) is 5.38. The highest BCUT2D eigenvalue weighted by Gasteiger charge is 2.16. The van der Waals surface area contributed by atoms with Crippen LogP contribution >= 0.6 is 11.3 Å². The van der Waals surface area contributed by atoms with Crippen LogP contribution in [0.2, 0.25) is 0 Å². The maximum absolute atomic E-state index is 12.7. The molecule has 1 atom stereocenters. The monoisotopic (exact) mass is 334 g/mol. The van der Waals surface area contributed by atoms with E-state index in [-0.39, 0.29) is 12.1 Å². The van der Waals surface area contributed by atoms with Crippen molar-refractivity contribution in [2.24, 2.45) is 5.92 Å². The van der Waals surface area contributed by atoms with Gasteiger partial charge in [-0.15, -0.1) is 11.3 Å². The van der Waals surface area contributed by atoms with Gasteiger partial charge in [-0.1, -0.05) is 24.3 Å². The fourth-order valence-electron chi connectivity index (χ4n) is 2.60. The molecule has 0 aliphatic rings. The molecule has 0 unspecified atom stereocenters. The van der Waals surface area contributed by atoms with E-state index in [0.717, 1.165) is 16.0 Å². The van der Waals surface area contributed by atoms with Gasteiger partial charge in [0.1, 0.15) is 5.69 Å². The van der Waals surface area contributed by atoms with E-state index < -0.39 is 5.92 Å². The summed E-state index contributed by atoms with van der Waals surface area (Å²) in [5.41, 5.74) is 0.542. The molecule has 24 heavy (non-hydrogen) atoms. The van der Waals surface area contributed by atoms with Crippen molar-refractivity contribution >= 4 is 22.1 Å². The van der Waals surface area contributed by atoms with E-state index in [4.69, 9.17) is 5.26 Å². The normalized spacial score (nSPS) is 11.8. The highest BCUT2D eigenvalue weighted by Crippen LogP contribution is 2.28. The van der Waals surface area contributed by atoms with Crippen LogP contribution in [0.5, 0.6) is 0 Å². The lowest BCUT2D eigenvalue weighted by atomic mass is 10.1. The molecular weight excluding hydrogens is 320 g/mol. The van der Waals surface area contributed by atoms with Crippen LogP contribution in [-0.4, -0.2) is 9.78 Å². The van der Waals surface area contributed by atoms with Crippen molar-refractivity contribution in [3.05, 3.63) is 52.1 Å². The van der Waals surface area contributed by atoms with Crippen LogP contribution in [0, 0.1) is 28.6 Å². The Morgan fingerprint density at radius 2 is 1.96 bits per heavy atom. The lowest BCUT2D eigenvalue weighted by Crippen LogP contribution is -2.27. The first-order valence-electron chi connectivity index (χ1n) is 7.55. The van der Waals surface area contributed by atoms with Crippen molar-refractivity contribution in [1.29, 1.82) is 10.5 Å². The van der Waals surface area contributed by atoms with Crippen molar-refractivity contribution in [2.75, 3.05) is 0 Å². The van der Waals surface area contributed by atoms with Gasteiger partial charge in [0.2, 0.25) is 0 Å². The van der Waals surface area contributed by atoms with Gasteiger partial charge in [-0.2, -0.15) is 15.6 Å². The molecule has 0 fully saturated rings. The molecule has 0 saturated carbocycles. The van der Waals surface area contributed by atoms with Crippen molar-refractivity contribution in [2.45, 2.75) is 19.4 Å². The predicted octanol–water partition coefficient (Wildman–Crippen LogP) is 3.57. The molecule has 5 nitrogen and oxygen atoms in total. The number of nitriles is 2. The topological polar surface area (TPSA) is 82.5 Å². The van der Waals surface area contributed by atoms with E-state index in [9.17, 15) is 10.1 Å². The summed E-state index contributed by atoms with van der Waals surface area (Å²) in [7, 11) is 0. The third kappa shape index (κ3) is 3.05. The van der Waals surface area contributed by atoms with E-state index in [0.29, 0.717) is 18.2 Å². The number of nitrogens with zero attached hydrogens (tertiary/aromatic N) is 4. The number of benzene rings is 1. The van der Waals surface area contributed by atoms with E-state index in [1.165, 1.54) is 4.68 Å². The maximum Gasteiger partial charge on any atom is 0.274 e. The van der Waals surface area contributed by atoms with Crippen LogP contribution in [0.25, 0.3) is 21.3 Å². The summed E-state index contributed by atoms with van der Waals surface area (Å²) >= 11 is 1.56. The van der Waals surface area contributed by atoms with Crippen molar-refractivity contribution in [3.8, 4) is 22.7 Å². The van der Waals surface area contributed by atoms with Gasteiger partial charge >= 0.3 is 0 Å². The Bertz CT molecular complexity index is 993. The van der Waals surface area contributed by atoms with Crippen LogP contribution < -0.4 is 5.56 Å². The standard InChI is InChI=1S/C18H14N4OS/c19-9-3-5-13(11-20)12-22-18(23)15-7-2-1-6-14(15)17(21-22)16-8-4-10-24-16/h1-2,4,6-8,10,13H,3,5,12H2/t13-/m0/s1. The highest BCUT2D eigenvalue weighted by atomic mass is 32.1. The molecule has 0 aliphatic carbocycles. The first-order chi connectivity index (χ1) is 11.7. The zero-order valence-corrected chi connectivity index (χ0v) is 13.7. The molecule has 6 heteroatoms. The number of aromatic nitrogens is 2. The summed E-state index contributed by atoms with van der Waals surface area (Å²) in [5, 5.41) is 25.9. The van der Waals surface area contributed by atoms with Gasteiger partial charge in [0.05, 0.1) is 34.9 Å². The SMILES string of the molecule is N#CCC[C@@H](C#N)Cn1nc(-c2cccs2)c2ccccc2c1=O. The Morgan fingerprint density at radius 1 is 1.17 bits per heavy atom. The van der Waals surface area contributed by atoms with Crippen molar-refractivity contribution in [1.82, 2.24) is 9.78 Å². The molecular formula is C18H14N4OS. The maximum atomic E-state index is 12.7. The minimum atomic E-state index is -0.410. The first kappa shape index (κ1) is 15.9. The molecule has 2 heterocycles. The number of fused-ring (bicyclic) bond motifs is 1. The lowest BCUT2D eigenvalue weighted by molar-refractivity contribution is 0.463. The zero-order valence-electron chi connectivity index (χ0n) is 12.8. The quantitative estimate of drug-likeness (QED) is 0.714. The summed E-state index contributed by atoms with van der Waals surface area (Å²) in [6, 6.07) is 15.5. The van der Waals surface area contributed by atoms with E-state index in [1.54, 1.807) is 17.4 Å². The highest BCUT2D eigenvalue weighted by molar-refractivity contribution is 7.13. The second kappa shape index (κ2) is 7.08. The van der Waals surface area contributed by atoms with E-state index in [1.807, 2.05) is 41.8 Å².